The molecule has 34 heavy (non-hydrogen) atoms. The molecule has 0 aromatic heterocycles. The minimum atomic E-state index is -1.08. The van der Waals surface area contributed by atoms with Crippen molar-refractivity contribution in [3.8, 4) is 11.5 Å². The summed E-state index contributed by atoms with van der Waals surface area (Å²) in [7, 11) is 1.54. The zero-order chi connectivity index (χ0) is 24.2. The molecule has 0 bridgehead atoms. The molecule has 1 amide bonds. The Kier molecular flexibility index (Phi) is 7.21. The summed E-state index contributed by atoms with van der Waals surface area (Å²) < 4.78 is 11.7. The fourth-order valence-corrected chi connectivity index (χ4v) is 4.68. The number of carbonyl (C=O) groups is 2. The van der Waals surface area contributed by atoms with Crippen LogP contribution < -0.4 is 14.4 Å². The van der Waals surface area contributed by atoms with E-state index >= 15 is 0 Å². The first-order valence-corrected chi connectivity index (χ1v) is 11.6. The molecule has 4 rings (SSSR count). The van der Waals surface area contributed by atoms with Crippen molar-refractivity contribution in [2.24, 2.45) is 0 Å². The second-order valence-corrected chi connectivity index (χ2v) is 9.31. The Morgan fingerprint density at radius 1 is 1.12 bits per heavy atom. The lowest BCUT2D eigenvalue weighted by molar-refractivity contribution is -0.113. The fourth-order valence-electron chi connectivity index (χ4n) is 3.25. The SMILES string of the molecule is COc1cc(/C=C2\SC(=S)N(c3cccc(C(=O)O)c3)C2=O)ccc1OCc1ccc(Cl)cc1. The van der Waals surface area contributed by atoms with E-state index in [1.807, 2.05) is 18.2 Å². The van der Waals surface area contributed by atoms with E-state index in [9.17, 15) is 14.7 Å². The Balaban J connectivity index is 1.53. The molecule has 0 saturated carbocycles. The number of hydrogen-bond donors (Lipinski definition) is 1. The zero-order valence-corrected chi connectivity index (χ0v) is 20.2. The highest BCUT2D eigenvalue weighted by atomic mass is 35.5. The molecule has 0 radical (unpaired) electrons. The van der Waals surface area contributed by atoms with E-state index in [4.69, 9.17) is 33.3 Å². The van der Waals surface area contributed by atoms with Crippen LogP contribution in [0.4, 0.5) is 5.69 Å². The molecule has 1 aliphatic heterocycles. The largest absolute Gasteiger partial charge is 0.493 e. The van der Waals surface area contributed by atoms with E-state index in [1.54, 1.807) is 49.6 Å². The third-order valence-electron chi connectivity index (χ3n) is 4.94. The zero-order valence-electron chi connectivity index (χ0n) is 17.9. The molecule has 1 fully saturated rings. The minimum absolute atomic E-state index is 0.0782. The molecule has 0 aliphatic carbocycles. The number of benzene rings is 3. The Bertz CT molecular complexity index is 1310. The third-order valence-corrected chi connectivity index (χ3v) is 6.49. The monoisotopic (exact) mass is 511 g/mol. The van der Waals surface area contributed by atoms with Crippen LogP contribution in [0.2, 0.25) is 5.02 Å². The maximum atomic E-state index is 13.0. The summed E-state index contributed by atoms with van der Waals surface area (Å²) in [4.78, 5) is 26.1. The number of aromatic carboxylic acids is 1. The Morgan fingerprint density at radius 3 is 2.59 bits per heavy atom. The molecule has 1 aliphatic rings. The van der Waals surface area contributed by atoms with Crippen LogP contribution in [0.3, 0.4) is 0 Å². The summed E-state index contributed by atoms with van der Waals surface area (Å²) in [5.74, 6) is -0.312. The number of thioether (sulfide) groups is 1. The molecular formula is C25H18ClNO5S2. The van der Waals surface area contributed by atoms with Gasteiger partial charge in [-0.05, 0) is 59.7 Å². The second-order valence-electron chi connectivity index (χ2n) is 7.20. The summed E-state index contributed by atoms with van der Waals surface area (Å²) in [5.41, 5.74) is 2.19. The van der Waals surface area contributed by atoms with Crippen LogP contribution in [0.15, 0.2) is 71.6 Å². The normalized spacial score (nSPS) is 14.5. The van der Waals surface area contributed by atoms with Gasteiger partial charge in [-0.1, -0.05) is 59.8 Å². The molecule has 3 aromatic rings. The Labute approximate surface area is 210 Å². The van der Waals surface area contributed by atoms with E-state index in [1.165, 1.54) is 17.0 Å². The van der Waals surface area contributed by atoms with Crippen LogP contribution in [-0.4, -0.2) is 28.4 Å². The predicted molar refractivity (Wildman–Crippen MR) is 138 cm³/mol. The molecule has 1 N–H and O–H groups in total. The molecule has 0 unspecified atom stereocenters. The quantitative estimate of drug-likeness (QED) is 0.306. The molecule has 1 heterocycles. The number of nitrogens with zero attached hydrogens (tertiary/aromatic N) is 1. The summed E-state index contributed by atoms with van der Waals surface area (Å²) >= 11 is 12.5. The van der Waals surface area contributed by atoms with Crippen molar-refractivity contribution in [2.75, 3.05) is 12.0 Å². The van der Waals surface area contributed by atoms with Gasteiger partial charge >= 0.3 is 5.97 Å². The lowest BCUT2D eigenvalue weighted by Gasteiger charge is -2.15. The number of thiocarbonyl (C=S) groups is 1. The van der Waals surface area contributed by atoms with Crippen molar-refractivity contribution >= 4 is 63.5 Å². The smallest absolute Gasteiger partial charge is 0.335 e. The second kappa shape index (κ2) is 10.3. The number of carboxylic acids is 1. The van der Waals surface area contributed by atoms with E-state index in [2.05, 4.69) is 0 Å². The molecule has 3 aromatic carbocycles. The van der Waals surface area contributed by atoms with Gasteiger partial charge in [-0.3, -0.25) is 9.69 Å². The fraction of sp³-hybridized carbons (Fsp3) is 0.0800. The minimum Gasteiger partial charge on any atom is -0.493 e. The van der Waals surface area contributed by atoms with Crippen LogP contribution in [0.1, 0.15) is 21.5 Å². The molecule has 0 spiro atoms. The molecular weight excluding hydrogens is 494 g/mol. The van der Waals surface area contributed by atoms with Crippen molar-refractivity contribution < 1.29 is 24.2 Å². The van der Waals surface area contributed by atoms with E-state index in [-0.39, 0.29) is 11.5 Å². The molecule has 9 heteroatoms. The predicted octanol–water partition coefficient (Wildman–Crippen LogP) is 6.03. The van der Waals surface area contributed by atoms with Crippen molar-refractivity contribution in [3.63, 3.8) is 0 Å². The first kappa shape index (κ1) is 23.8. The number of methoxy groups -OCH3 is 1. The van der Waals surface area contributed by atoms with Crippen LogP contribution >= 0.6 is 35.6 Å². The Hall–Kier alpha value is -3.33. The summed E-state index contributed by atoms with van der Waals surface area (Å²) in [6.45, 7) is 0.348. The lowest BCUT2D eigenvalue weighted by atomic mass is 10.1. The van der Waals surface area contributed by atoms with Crippen LogP contribution in [-0.2, 0) is 11.4 Å². The van der Waals surface area contributed by atoms with Gasteiger partial charge in [0.1, 0.15) is 6.61 Å². The van der Waals surface area contributed by atoms with Crippen molar-refractivity contribution in [1.82, 2.24) is 0 Å². The number of carboxylic acid groups (broad SMARTS) is 1. The maximum Gasteiger partial charge on any atom is 0.335 e. The molecule has 0 atom stereocenters. The lowest BCUT2D eigenvalue weighted by Crippen LogP contribution is -2.27. The first-order valence-electron chi connectivity index (χ1n) is 10.0. The number of hydrogen-bond acceptors (Lipinski definition) is 6. The number of anilines is 1. The standard InChI is InChI=1S/C25H18ClNO5S2/c1-31-21-11-16(7-10-20(21)32-14-15-5-8-18(26)9-6-15)12-22-23(28)27(25(33)34-22)19-4-2-3-17(13-19)24(29)30/h2-13H,14H2,1H3,(H,29,30)/b22-12-. The third kappa shape index (κ3) is 5.25. The molecule has 6 nitrogen and oxygen atoms in total. The van der Waals surface area contributed by atoms with Crippen LogP contribution in [0.5, 0.6) is 11.5 Å². The van der Waals surface area contributed by atoms with Gasteiger partial charge in [0, 0.05) is 5.02 Å². The number of amides is 1. The number of halogens is 1. The average Bonchev–Trinajstić information content (AvgIpc) is 3.11. The van der Waals surface area contributed by atoms with E-state index in [0.29, 0.717) is 38.0 Å². The molecule has 1 saturated heterocycles. The van der Waals surface area contributed by atoms with Gasteiger partial charge in [-0.15, -0.1) is 0 Å². The Morgan fingerprint density at radius 2 is 1.88 bits per heavy atom. The highest BCUT2D eigenvalue weighted by molar-refractivity contribution is 8.27. The average molecular weight is 512 g/mol. The van der Waals surface area contributed by atoms with Crippen molar-refractivity contribution in [3.05, 3.63) is 93.3 Å². The van der Waals surface area contributed by atoms with Gasteiger partial charge in [-0.2, -0.15) is 0 Å². The van der Waals surface area contributed by atoms with Gasteiger partial charge < -0.3 is 14.6 Å². The van der Waals surface area contributed by atoms with Crippen molar-refractivity contribution in [1.29, 1.82) is 0 Å². The van der Waals surface area contributed by atoms with E-state index in [0.717, 1.165) is 22.9 Å². The highest BCUT2D eigenvalue weighted by Crippen LogP contribution is 2.37. The molecule has 172 valence electrons. The number of carbonyl (C=O) groups excluding carboxylic acids is 1. The van der Waals surface area contributed by atoms with Gasteiger partial charge in [-0.25, -0.2) is 4.79 Å². The maximum absolute atomic E-state index is 13.0. The van der Waals surface area contributed by atoms with Crippen molar-refractivity contribution in [2.45, 2.75) is 6.61 Å². The number of rotatable bonds is 7. The topological polar surface area (TPSA) is 76.1 Å². The van der Waals surface area contributed by atoms with E-state index < -0.39 is 5.97 Å². The van der Waals surface area contributed by atoms with Gasteiger partial charge in [0.25, 0.3) is 5.91 Å². The summed E-state index contributed by atoms with van der Waals surface area (Å²) in [6.07, 6.45) is 1.71. The summed E-state index contributed by atoms with van der Waals surface area (Å²) in [5, 5.41) is 9.89. The first-order chi connectivity index (χ1) is 16.4. The highest BCUT2D eigenvalue weighted by Gasteiger charge is 2.33. The number of ether oxygens (including phenoxy) is 2. The van der Waals surface area contributed by atoms with Gasteiger partial charge in [0.05, 0.1) is 23.3 Å². The van der Waals surface area contributed by atoms with Gasteiger partial charge in [0.2, 0.25) is 0 Å². The van der Waals surface area contributed by atoms with Gasteiger partial charge in [0.15, 0.2) is 15.8 Å². The van der Waals surface area contributed by atoms with Crippen LogP contribution in [0, 0.1) is 0 Å². The summed E-state index contributed by atoms with van der Waals surface area (Å²) in [6, 6.07) is 18.8. The van der Waals surface area contributed by atoms with Crippen LogP contribution in [0.25, 0.3) is 6.08 Å².